The maximum Gasteiger partial charge on any atom is 0.242 e. The number of hydrogen-bond acceptors (Lipinski definition) is 5. The van der Waals surface area contributed by atoms with Gasteiger partial charge in [0.05, 0.1) is 12.1 Å². The summed E-state index contributed by atoms with van der Waals surface area (Å²) in [7, 11) is 0. The van der Waals surface area contributed by atoms with E-state index in [1.807, 2.05) is 29.2 Å². The van der Waals surface area contributed by atoms with Crippen molar-refractivity contribution in [1.29, 1.82) is 0 Å². The lowest BCUT2D eigenvalue weighted by atomic mass is 9.89. The van der Waals surface area contributed by atoms with Gasteiger partial charge in [-0.1, -0.05) is 25.1 Å². The molecule has 164 valence electrons. The predicted molar refractivity (Wildman–Crippen MR) is 119 cm³/mol. The first-order valence-electron chi connectivity index (χ1n) is 9.78. The Bertz CT molecular complexity index is 675. The summed E-state index contributed by atoms with van der Waals surface area (Å²) >= 11 is 0. The topological polar surface area (TPSA) is 87.9 Å². The van der Waals surface area contributed by atoms with Crippen LogP contribution in [0.25, 0.3) is 0 Å². The van der Waals surface area contributed by atoms with E-state index in [1.165, 1.54) is 0 Å². The Morgan fingerprint density at radius 2 is 1.72 bits per heavy atom. The Morgan fingerprint density at radius 3 is 2.34 bits per heavy atom. The molecule has 0 saturated carbocycles. The molecule has 0 bridgehead atoms. The second kappa shape index (κ2) is 11.7. The van der Waals surface area contributed by atoms with Crippen LogP contribution in [0.15, 0.2) is 24.3 Å². The van der Waals surface area contributed by atoms with E-state index in [0.717, 1.165) is 17.7 Å². The van der Waals surface area contributed by atoms with E-state index in [1.54, 1.807) is 0 Å². The van der Waals surface area contributed by atoms with Crippen molar-refractivity contribution < 1.29 is 14.3 Å². The summed E-state index contributed by atoms with van der Waals surface area (Å²) in [5, 5.41) is 3.01. The smallest absolute Gasteiger partial charge is 0.242 e. The largest absolute Gasteiger partial charge is 0.381 e. The van der Waals surface area contributed by atoms with Gasteiger partial charge in [-0.2, -0.15) is 0 Å². The van der Waals surface area contributed by atoms with E-state index in [-0.39, 0.29) is 36.6 Å². The summed E-state index contributed by atoms with van der Waals surface area (Å²) in [5.74, 6) is 0.00201. The first-order chi connectivity index (χ1) is 13.0. The van der Waals surface area contributed by atoms with Gasteiger partial charge in [0.1, 0.15) is 0 Å². The summed E-state index contributed by atoms with van der Waals surface area (Å²) in [4.78, 5) is 29.1. The van der Waals surface area contributed by atoms with Crippen molar-refractivity contribution in [2.75, 3.05) is 51.3 Å². The molecule has 2 saturated heterocycles. The molecule has 2 aliphatic rings. The second-order valence-corrected chi connectivity index (χ2v) is 7.40. The zero-order valence-electron chi connectivity index (χ0n) is 16.9. The van der Waals surface area contributed by atoms with E-state index in [9.17, 15) is 9.59 Å². The highest BCUT2D eigenvalue weighted by atomic mass is 35.5. The van der Waals surface area contributed by atoms with Crippen LogP contribution < -0.4 is 11.1 Å². The quantitative estimate of drug-likeness (QED) is 0.717. The SMILES string of the molecule is CCc1ccccc1NC(=O)CN1CCN(C(=O)C2(N)CCOCC2)CC1.Cl.Cl. The summed E-state index contributed by atoms with van der Waals surface area (Å²) < 4.78 is 5.33. The van der Waals surface area contributed by atoms with E-state index in [4.69, 9.17) is 10.5 Å². The summed E-state index contributed by atoms with van der Waals surface area (Å²) in [6.07, 6.45) is 2.03. The third kappa shape index (κ3) is 6.55. The highest BCUT2D eigenvalue weighted by Crippen LogP contribution is 2.21. The van der Waals surface area contributed by atoms with Crippen molar-refractivity contribution in [2.24, 2.45) is 5.73 Å². The second-order valence-electron chi connectivity index (χ2n) is 7.40. The number of nitrogens with one attached hydrogen (secondary N) is 1. The van der Waals surface area contributed by atoms with Crippen molar-refractivity contribution in [1.82, 2.24) is 9.80 Å². The van der Waals surface area contributed by atoms with Gasteiger partial charge in [-0.05, 0) is 30.9 Å². The maximum absolute atomic E-state index is 12.8. The fourth-order valence-corrected chi connectivity index (χ4v) is 3.72. The Balaban J connectivity index is 0.00000210. The standard InChI is InChI=1S/C20H30N4O3.2ClH/c1-2-16-5-3-4-6-17(16)22-18(25)15-23-9-11-24(12-10-23)19(26)20(21)7-13-27-14-8-20;;/h3-6H,2,7-15,21H2,1H3,(H,22,25);2*1H. The number of ether oxygens (including phenoxy) is 1. The van der Waals surface area contributed by atoms with Gasteiger partial charge in [-0.15, -0.1) is 24.8 Å². The average Bonchev–Trinajstić information content (AvgIpc) is 2.69. The summed E-state index contributed by atoms with van der Waals surface area (Å²) in [6, 6.07) is 7.87. The number of nitrogens with two attached hydrogens (primary N) is 1. The Morgan fingerprint density at radius 1 is 1.10 bits per heavy atom. The van der Waals surface area contributed by atoms with Crippen molar-refractivity contribution in [3.05, 3.63) is 29.8 Å². The lowest BCUT2D eigenvalue weighted by Crippen LogP contribution is -2.61. The monoisotopic (exact) mass is 446 g/mol. The zero-order chi connectivity index (χ0) is 19.3. The van der Waals surface area contributed by atoms with Gasteiger partial charge < -0.3 is 20.7 Å². The lowest BCUT2D eigenvalue weighted by Gasteiger charge is -2.40. The Hall–Kier alpha value is -1.38. The molecule has 2 aliphatic heterocycles. The number of halogens is 2. The predicted octanol–water partition coefficient (Wildman–Crippen LogP) is 1.68. The number of carbonyl (C=O) groups is 2. The molecule has 0 spiro atoms. The van der Waals surface area contributed by atoms with Gasteiger partial charge in [0.2, 0.25) is 11.8 Å². The number of carbonyl (C=O) groups excluding carboxylic acids is 2. The van der Waals surface area contributed by atoms with Crippen LogP contribution >= 0.6 is 24.8 Å². The van der Waals surface area contributed by atoms with Crippen LogP contribution in [-0.2, 0) is 20.7 Å². The Labute approximate surface area is 185 Å². The molecule has 9 heteroatoms. The fraction of sp³-hybridized carbons (Fsp3) is 0.600. The van der Waals surface area contributed by atoms with Crippen molar-refractivity contribution in [3.63, 3.8) is 0 Å². The van der Waals surface area contributed by atoms with Crippen LogP contribution in [0, 0.1) is 0 Å². The molecule has 2 amide bonds. The number of hydrogen-bond donors (Lipinski definition) is 2. The molecule has 1 aromatic rings. The van der Waals surface area contributed by atoms with Crippen LogP contribution in [0.2, 0.25) is 0 Å². The van der Waals surface area contributed by atoms with Crippen LogP contribution in [0.5, 0.6) is 0 Å². The number of benzene rings is 1. The molecular weight excluding hydrogens is 415 g/mol. The van der Waals surface area contributed by atoms with E-state index >= 15 is 0 Å². The normalized spacial score (nSPS) is 18.9. The summed E-state index contributed by atoms with van der Waals surface area (Å²) in [6.45, 7) is 6.08. The zero-order valence-corrected chi connectivity index (χ0v) is 18.5. The third-order valence-corrected chi connectivity index (χ3v) is 5.51. The van der Waals surface area contributed by atoms with Crippen LogP contribution in [0.4, 0.5) is 5.69 Å². The van der Waals surface area contributed by atoms with Gasteiger partial charge in [0, 0.05) is 45.1 Å². The van der Waals surface area contributed by atoms with Crippen molar-refractivity contribution >= 4 is 42.3 Å². The third-order valence-electron chi connectivity index (χ3n) is 5.51. The highest BCUT2D eigenvalue weighted by molar-refractivity contribution is 5.93. The summed E-state index contributed by atoms with van der Waals surface area (Å²) in [5.41, 5.74) is 7.53. The van der Waals surface area contributed by atoms with E-state index in [2.05, 4.69) is 17.1 Å². The molecule has 3 N–H and O–H groups in total. The fourth-order valence-electron chi connectivity index (χ4n) is 3.72. The molecule has 2 heterocycles. The van der Waals surface area contributed by atoms with Gasteiger partial charge in [-0.3, -0.25) is 14.5 Å². The molecule has 1 aromatic carbocycles. The molecule has 0 radical (unpaired) electrons. The molecule has 0 unspecified atom stereocenters. The van der Waals surface area contributed by atoms with Crippen LogP contribution in [-0.4, -0.2) is 73.1 Å². The molecule has 3 rings (SSSR count). The molecule has 0 atom stereocenters. The maximum atomic E-state index is 12.8. The number of anilines is 1. The van der Waals surface area contributed by atoms with Crippen LogP contribution in [0.1, 0.15) is 25.3 Å². The number of para-hydroxylation sites is 1. The average molecular weight is 447 g/mol. The van der Waals surface area contributed by atoms with Crippen LogP contribution in [0.3, 0.4) is 0 Å². The van der Waals surface area contributed by atoms with Gasteiger partial charge in [0.25, 0.3) is 0 Å². The van der Waals surface area contributed by atoms with E-state index < -0.39 is 5.54 Å². The first-order valence-corrected chi connectivity index (χ1v) is 9.78. The molecule has 0 aromatic heterocycles. The first kappa shape index (κ1) is 25.7. The van der Waals surface area contributed by atoms with Gasteiger partial charge in [0.15, 0.2) is 0 Å². The molecule has 2 fully saturated rings. The minimum Gasteiger partial charge on any atom is -0.381 e. The lowest BCUT2D eigenvalue weighted by molar-refractivity contribution is -0.142. The van der Waals surface area contributed by atoms with Gasteiger partial charge in [-0.25, -0.2) is 0 Å². The van der Waals surface area contributed by atoms with Gasteiger partial charge >= 0.3 is 0 Å². The number of nitrogens with zero attached hydrogens (tertiary/aromatic N) is 2. The van der Waals surface area contributed by atoms with Crippen molar-refractivity contribution in [2.45, 2.75) is 31.7 Å². The Kier molecular flexibility index (Phi) is 10.4. The molecule has 29 heavy (non-hydrogen) atoms. The molecule has 7 nitrogen and oxygen atoms in total. The highest BCUT2D eigenvalue weighted by Gasteiger charge is 2.39. The number of aryl methyl sites for hydroxylation is 1. The number of amides is 2. The molecular formula is C20H32Cl2N4O3. The number of piperazine rings is 1. The molecule has 0 aliphatic carbocycles. The minimum absolute atomic E-state index is 0. The van der Waals surface area contributed by atoms with Crippen molar-refractivity contribution in [3.8, 4) is 0 Å². The van der Waals surface area contributed by atoms with E-state index in [0.29, 0.717) is 58.8 Å². The number of rotatable bonds is 5. The minimum atomic E-state index is -0.790.